The van der Waals surface area contributed by atoms with E-state index in [-0.39, 0.29) is 59.2 Å². The molecule has 42 heavy (non-hydrogen) atoms. The molecular formula is C29H32Cl3FN4O4S. The number of sulfonamides is 1. The Hall–Kier alpha value is -3.31. The molecule has 0 unspecified atom stereocenters. The smallest absolute Gasteiger partial charge is 0.336 e. The largest absolute Gasteiger partial charge is 0.478 e. The Morgan fingerprint density at radius 1 is 0.857 bits per heavy atom. The van der Waals surface area contributed by atoms with Crippen LogP contribution in [0.15, 0.2) is 65.6 Å². The molecule has 2 N–H and O–H groups in total. The van der Waals surface area contributed by atoms with Crippen molar-refractivity contribution in [2.24, 2.45) is 0 Å². The molecule has 0 radical (unpaired) electrons. The van der Waals surface area contributed by atoms with Gasteiger partial charge in [0, 0.05) is 37.3 Å². The predicted octanol–water partition coefficient (Wildman–Crippen LogP) is 6.39. The van der Waals surface area contributed by atoms with Crippen LogP contribution in [0.3, 0.4) is 0 Å². The van der Waals surface area contributed by atoms with Crippen LogP contribution in [0.5, 0.6) is 0 Å². The standard InChI is InChI=1S/C29H29FN4O4S.3ClH/c1-18-14-20(3)27(15-19(18)2)39(37,38)32-21-8-9-25-22(16-21)23(29(35)36)17-28(31-25)34-12-10-33(11-13-34)26-7-5-4-6-24(26)30;;;/h4-9,14-17,32H,10-13H2,1-3H3,(H,35,36);3*1H. The summed E-state index contributed by atoms with van der Waals surface area (Å²) in [6, 6.07) is 16.3. The molecule has 226 valence electrons. The Morgan fingerprint density at radius 3 is 2.12 bits per heavy atom. The van der Waals surface area contributed by atoms with Crippen molar-refractivity contribution in [2.75, 3.05) is 40.7 Å². The average molecular weight is 658 g/mol. The molecule has 1 fully saturated rings. The number of nitrogens with one attached hydrogen (secondary N) is 1. The van der Waals surface area contributed by atoms with Crippen LogP contribution in [-0.2, 0) is 10.0 Å². The SMILES string of the molecule is Cc1cc(C)c(S(=O)(=O)Nc2ccc3nc(N4CCN(c5ccccc5F)CC4)cc(C(=O)O)c3c2)cc1C.Cl.Cl.Cl. The first-order valence-corrected chi connectivity index (χ1v) is 14.0. The van der Waals surface area contributed by atoms with Gasteiger partial charge in [-0.2, -0.15) is 0 Å². The lowest BCUT2D eigenvalue weighted by molar-refractivity contribution is 0.0699. The third kappa shape index (κ3) is 7.00. The Bertz CT molecular complexity index is 1720. The van der Waals surface area contributed by atoms with Crippen LogP contribution in [0.2, 0.25) is 0 Å². The molecule has 0 aliphatic carbocycles. The number of aryl methyl sites for hydroxylation is 3. The van der Waals surface area contributed by atoms with Crippen LogP contribution in [0.1, 0.15) is 27.0 Å². The highest BCUT2D eigenvalue weighted by molar-refractivity contribution is 7.92. The number of piperazine rings is 1. The number of benzene rings is 3. The minimum Gasteiger partial charge on any atom is -0.478 e. The van der Waals surface area contributed by atoms with Crippen LogP contribution in [0.4, 0.5) is 21.6 Å². The number of nitrogens with zero attached hydrogens (tertiary/aromatic N) is 3. The normalized spacial score (nSPS) is 13.0. The van der Waals surface area contributed by atoms with E-state index in [4.69, 9.17) is 0 Å². The van der Waals surface area contributed by atoms with Crippen LogP contribution in [0, 0.1) is 26.6 Å². The number of carbonyl (C=O) groups is 1. The summed E-state index contributed by atoms with van der Waals surface area (Å²) in [5, 5.41) is 10.3. The molecule has 1 saturated heterocycles. The van der Waals surface area contributed by atoms with Gasteiger partial charge in [0.2, 0.25) is 0 Å². The van der Waals surface area contributed by atoms with Gasteiger partial charge in [0.1, 0.15) is 11.6 Å². The predicted molar refractivity (Wildman–Crippen MR) is 173 cm³/mol. The second-order valence-electron chi connectivity index (χ2n) is 9.80. The Balaban J connectivity index is 0.00000205. The number of carboxylic acid groups (broad SMARTS) is 1. The molecule has 8 nitrogen and oxygen atoms in total. The first-order chi connectivity index (χ1) is 18.5. The Labute approximate surface area is 263 Å². The minimum atomic E-state index is -3.90. The van der Waals surface area contributed by atoms with Crippen molar-refractivity contribution < 1.29 is 22.7 Å². The number of rotatable bonds is 6. The van der Waals surface area contributed by atoms with Gasteiger partial charge < -0.3 is 14.9 Å². The van der Waals surface area contributed by atoms with Gasteiger partial charge in [-0.3, -0.25) is 4.72 Å². The Kier molecular flexibility index (Phi) is 11.4. The molecule has 0 atom stereocenters. The summed E-state index contributed by atoms with van der Waals surface area (Å²) >= 11 is 0. The van der Waals surface area contributed by atoms with E-state index < -0.39 is 16.0 Å². The number of anilines is 3. The van der Waals surface area contributed by atoms with Gasteiger partial charge >= 0.3 is 5.97 Å². The number of hydrogen-bond donors (Lipinski definition) is 2. The number of pyridine rings is 1. The zero-order valence-corrected chi connectivity index (χ0v) is 26.4. The molecule has 3 aromatic carbocycles. The van der Waals surface area contributed by atoms with Crippen molar-refractivity contribution >= 4 is 81.3 Å². The average Bonchev–Trinajstić information content (AvgIpc) is 2.90. The van der Waals surface area contributed by atoms with Crippen LogP contribution in [-0.4, -0.2) is 50.7 Å². The summed E-state index contributed by atoms with van der Waals surface area (Å²) < 4.78 is 43.2. The molecule has 1 aliphatic rings. The lowest BCUT2D eigenvalue weighted by Gasteiger charge is -2.37. The number of aromatic carboxylic acids is 1. The second kappa shape index (κ2) is 13.8. The molecule has 2 heterocycles. The van der Waals surface area contributed by atoms with E-state index in [2.05, 4.69) is 9.71 Å². The van der Waals surface area contributed by atoms with Crippen LogP contribution in [0.25, 0.3) is 10.9 Å². The molecule has 1 aromatic heterocycles. The first-order valence-electron chi connectivity index (χ1n) is 12.6. The van der Waals surface area contributed by atoms with Crippen molar-refractivity contribution in [2.45, 2.75) is 25.7 Å². The number of halogens is 4. The van der Waals surface area contributed by atoms with E-state index in [1.165, 1.54) is 18.2 Å². The molecule has 1 aliphatic heterocycles. The van der Waals surface area contributed by atoms with Crippen molar-refractivity contribution in [3.63, 3.8) is 0 Å². The van der Waals surface area contributed by atoms with Gasteiger partial charge in [-0.15, -0.1) is 37.2 Å². The third-order valence-corrected chi connectivity index (χ3v) is 8.68. The highest BCUT2D eigenvalue weighted by Crippen LogP contribution is 2.29. The fourth-order valence-electron chi connectivity index (χ4n) is 4.93. The van der Waals surface area contributed by atoms with Gasteiger partial charge in [-0.05, 0) is 79.9 Å². The molecule has 0 amide bonds. The first kappa shape index (κ1) is 34.9. The number of para-hydroxylation sites is 1. The zero-order valence-electron chi connectivity index (χ0n) is 23.1. The summed E-state index contributed by atoms with van der Waals surface area (Å²) in [6.07, 6.45) is 0. The maximum atomic E-state index is 14.2. The fraction of sp³-hybridized carbons (Fsp3) is 0.241. The summed E-state index contributed by atoms with van der Waals surface area (Å²) in [6.45, 7) is 7.71. The maximum absolute atomic E-state index is 14.2. The van der Waals surface area contributed by atoms with Gasteiger partial charge in [0.15, 0.2) is 0 Å². The van der Waals surface area contributed by atoms with Gasteiger partial charge in [-0.1, -0.05) is 18.2 Å². The lowest BCUT2D eigenvalue weighted by Crippen LogP contribution is -2.47. The minimum absolute atomic E-state index is 0. The zero-order chi connectivity index (χ0) is 27.9. The molecule has 5 rings (SSSR count). The van der Waals surface area contributed by atoms with E-state index in [0.29, 0.717) is 54.2 Å². The van der Waals surface area contributed by atoms with Gasteiger partial charge in [0.25, 0.3) is 10.0 Å². The van der Waals surface area contributed by atoms with Crippen molar-refractivity contribution in [3.05, 3.63) is 88.7 Å². The van der Waals surface area contributed by atoms with Crippen LogP contribution >= 0.6 is 37.2 Å². The molecule has 0 bridgehead atoms. The molecule has 13 heteroatoms. The summed E-state index contributed by atoms with van der Waals surface area (Å²) in [7, 11) is -3.90. The maximum Gasteiger partial charge on any atom is 0.336 e. The summed E-state index contributed by atoms with van der Waals surface area (Å²) in [5.74, 6) is -0.909. The number of carboxylic acids is 1. The quantitative estimate of drug-likeness (QED) is 0.248. The van der Waals surface area contributed by atoms with Crippen molar-refractivity contribution in [1.29, 1.82) is 0 Å². The lowest BCUT2D eigenvalue weighted by atomic mass is 10.1. The fourth-order valence-corrected chi connectivity index (χ4v) is 6.29. The molecule has 0 saturated carbocycles. The van der Waals surface area contributed by atoms with E-state index in [0.717, 1.165) is 11.1 Å². The van der Waals surface area contributed by atoms with Gasteiger partial charge in [0.05, 0.1) is 21.7 Å². The van der Waals surface area contributed by atoms with E-state index in [1.54, 1.807) is 43.3 Å². The van der Waals surface area contributed by atoms with Gasteiger partial charge in [-0.25, -0.2) is 22.6 Å². The number of fused-ring (bicyclic) bond motifs is 1. The number of hydrogen-bond acceptors (Lipinski definition) is 6. The molecule has 0 spiro atoms. The summed E-state index contributed by atoms with van der Waals surface area (Å²) in [4.78, 5) is 21.0. The van der Waals surface area contributed by atoms with Crippen LogP contribution < -0.4 is 14.5 Å². The monoisotopic (exact) mass is 656 g/mol. The van der Waals surface area contributed by atoms with E-state index in [1.807, 2.05) is 29.7 Å². The topological polar surface area (TPSA) is 103 Å². The van der Waals surface area contributed by atoms with Crippen molar-refractivity contribution in [1.82, 2.24) is 4.98 Å². The summed E-state index contributed by atoms with van der Waals surface area (Å²) in [5.41, 5.74) is 3.73. The second-order valence-corrected chi connectivity index (χ2v) is 11.4. The third-order valence-electron chi connectivity index (χ3n) is 7.16. The Morgan fingerprint density at radius 2 is 1.48 bits per heavy atom. The molecular weight excluding hydrogens is 626 g/mol. The van der Waals surface area contributed by atoms with E-state index >= 15 is 0 Å². The van der Waals surface area contributed by atoms with Crippen molar-refractivity contribution in [3.8, 4) is 0 Å². The highest BCUT2D eigenvalue weighted by atomic mass is 35.5. The number of aromatic nitrogens is 1. The van der Waals surface area contributed by atoms with E-state index in [9.17, 15) is 22.7 Å². The molecule has 4 aromatic rings. The highest BCUT2D eigenvalue weighted by Gasteiger charge is 2.23.